The first kappa shape index (κ1) is 14.3. The fourth-order valence-electron chi connectivity index (χ4n) is 2.88. The summed E-state index contributed by atoms with van der Waals surface area (Å²) in [5.74, 6) is 0. The molecule has 1 atom stereocenters. The molecule has 18 heavy (non-hydrogen) atoms. The molecule has 4 heteroatoms. The van der Waals surface area contributed by atoms with Gasteiger partial charge in [-0.2, -0.15) is 0 Å². The topological polar surface area (TPSA) is 33.7 Å². The normalized spacial score (nSPS) is 30.8. The Bertz CT molecular complexity index is 234. The van der Waals surface area contributed by atoms with Gasteiger partial charge < -0.3 is 14.8 Å². The van der Waals surface area contributed by atoms with E-state index in [1.807, 2.05) is 0 Å². The lowest BCUT2D eigenvalue weighted by atomic mass is 9.81. The first-order valence-electron chi connectivity index (χ1n) is 7.31. The minimum absolute atomic E-state index is 0.305. The molecule has 0 saturated carbocycles. The molecule has 2 aliphatic heterocycles. The highest BCUT2D eigenvalue weighted by Crippen LogP contribution is 2.29. The molecular weight excluding hydrogens is 228 g/mol. The molecule has 1 N–H and O–H groups in total. The van der Waals surface area contributed by atoms with E-state index in [0.717, 1.165) is 52.6 Å². The second-order valence-electron chi connectivity index (χ2n) is 6.08. The fourth-order valence-corrected chi connectivity index (χ4v) is 2.88. The minimum atomic E-state index is 0.305. The van der Waals surface area contributed by atoms with Crippen LogP contribution in [0.1, 0.15) is 26.7 Å². The van der Waals surface area contributed by atoms with E-state index in [0.29, 0.717) is 11.5 Å². The van der Waals surface area contributed by atoms with Crippen LogP contribution in [0.5, 0.6) is 0 Å². The van der Waals surface area contributed by atoms with Crippen molar-refractivity contribution in [3.63, 3.8) is 0 Å². The molecule has 0 amide bonds. The maximum Gasteiger partial charge on any atom is 0.0594 e. The van der Waals surface area contributed by atoms with Crippen LogP contribution in [0.3, 0.4) is 0 Å². The van der Waals surface area contributed by atoms with Crippen LogP contribution in [0, 0.1) is 5.41 Å². The van der Waals surface area contributed by atoms with Gasteiger partial charge in [0, 0.05) is 44.2 Å². The summed E-state index contributed by atoms with van der Waals surface area (Å²) in [4.78, 5) is 2.54. The van der Waals surface area contributed by atoms with Gasteiger partial charge in [0.15, 0.2) is 0 Å². The molecule has 0 spiro atoms. The van der Waals surface area contributed by atoms with Gasteiger partial charge in [-0.05, 0) is 12.8 Å². The third-order valence-electron chi connectivity index (χ3n) is 3.95. The van der Waals surface area contributed by atoms with Crippen molar-refractivity contribution in [2.75, 3.05) is 52.6 Å². The van der Waals surface area contributed by atoms with Crippen LogP contribution in [0.2, 0.25) is 0 Å². The van der Waals surface area contributed by atoms with Crippen molar-refractivity contribution in [2.24, 2.45) is 5.41 Å². The molecule has 0 aliphatic carbocycles. The molecule has 1 unspecified atom stereocenters. The van der Waals surface area contributed by atoms with Crippen molar-refractivity contribution in [3.05, 3.63) is 0 Å². The lowest BCUT2D eigenvalue weighted by Gasteiger charge is -2.42. The van der Waals surface area contributed by atoms with Crippen LogP contribution in [0.25, 0.3) is 0 Å². The molecule has 2 fully saturated rings. The Kier molecular flexibility index (Phi) is 5.42. The zero-order chi connectivity index (χ0) is 12.8. The minimum Gasteiger partial charge on any atom is -0.381 e. The highest BCUT2D eigenvalue weighted by molar-refractivity contribution is 4.88. The zero-order valence-electron chi connectivity index (χ0n) is 11.9. The second-order valence-corrected chi connectivity index (χ2v) is 6.08. The van der Waals surface area contributed by atoms with E-state index in [9.17, 15) is 0 Å². The highest BCUT2D eigenvalue weighted by Gasteiger charge is 2.35. The maximum absolute atomic E-state index is 5.76. The second kappa shape index (κ2) is 6.85. The van der Waals surface area contributed by atoms with Crippen LogP contribution < -0.4 is 5.32 Å². The number of nitrogens with one attached hydrogen (secondary N) is 1. The van der Waals surface area contributed by atoms with E-state index < -0.39 is 0 Å². The monoisotopic (exact) mass is 256 g/mol. The van der Waals surface area contributed by atoms with E-state index in [-0.39, 0.29) is 0 Å². The van der Waals surface area contributed by atoms with E-state index in [1.54, 1.807) is 0 Å². The fraction of sp³-hybridized carbons (Fsp3) is 1.00. The van der Waals surface area contributed by atoms with Crippen molar-refractivity contribution in [3.8, 4) is 0 Å². The number of hydrogen-bond donors (Lipinski definition) is 1. The SMILES string of the molecule is CC(C)NCC1(CN2CCOCC2)CCCOC1. The van der Waals surface area contributed by atoms with Crippen LogP contribution in [-0.2, 0) is 9.47 Å². The van der Waals surface area contributed by atoms with Gasteiger partial charge in [-0.15, -0.1) is 0 Å². The van der Waals surface area contributed by atoms with Crippen LogP contribution >= 0.6 is 0 Å². The third-order valence-corrected chi connectivity index (χ3v) is 3.95. The van der Waals surface area contributed by atoms with Crippen molar-refractivity contribution < 1.29 is 9.47 Å². The molecule has 4 nitrogen and oxygen atoms in total. The summed E-state index contributed by atoms with van der Waals surface area (Å²) in [5.41, 5.74) is 0.305. The van der Waals surface area contributed by atoms with E-state index in [2.05, 4.69) is 24.1 Å². The zero-order valence-corrected chi connectivity index (χ0v) is 11.9. The summed E-state index contributed by atoms with van der Waals surface area (Å²) in [5, 5.41) is 3.61. The number of nitrogens with zero attached hydrogens (tertiary/aromatic N) is 1. The van der Waals surface area contributed by atoms with Gasteiger partial charge >= 0.3 is 0 Å². The summed E-state index contributed by atoms with van der Waals surface area (Å²) >= 11 is 0. The maximum atomic E-state index is 5.76. The van der Waals surface area contributed by atoms with E-state index in [1.165, 1.54) is 12.8 Å². The average molecular weight is 256 g/mol. The highest BCUT2D eigenvalue weighted by atomic mass is 16.5. The number of hydrogen-bond acceptors (Lipinski definition) is 4. The first-order valence-corrected chi connectivity index (χ1v) is 7.31. The Morgan fingerprint density at radius 2 is 1.94 bits per heavy atom. The van der Waals surface area contributed by atoms with Crippen molar-refractivity contribution in [2.45, 2.75) is 32.7 Å². The standard InChI is InChI=1S/C14H28N2O2/c1-13(2)15-10-14(4-3-7-18-12-14)11-16-5-8-17-9-6-16/h13,15H,3-12H2,1-2H3. The molecular formula is C14H28N2O2. The van der Waals surface area contributed by atoms with Crippen molar-refractivity contribution in [1.29, 1.82) is 0 Å². The molecule has 2 saturated heterocycles. The lowest BCUT2D eigenvalue weighted by molar-refractivity contribution is -0.0458. The van der Waals surface area contributed by atoms with Crippen LogP contribution in [0.4, 0.5) is 0 Å². The van der Waals surface area contributed by atoms with E-state index >= 15 is 0 Å². The van der Waals surface area contributed by atoms with Crippen LogP contribution in [0.15, 0.2) is 0 Å². The summed E-state index contributed by atoms with van der Waals surface area (Å²) in [6.45, 7) is 12.4. The van der Waals surface area contributed by atoms with Gasteiger partial charge in [0.25, 0.3) is 0 Å². The van der Waals surface area contributed by atoms with Gasteiger partial charge in [0.1, 0.15) is 0 Å². The van der Waals surface area contributed by atoms with Crippen LogP contribution in [-0.4, -0.2) is 63.5 Å². The van der Waals surface area contributed by atoms with Gasteiger partial charge in [0.05, 0.1) is 19.8 Å². The van der Waals surface area contributed by atoms with Gasteiger partial charge in [-0.3, -0.25) is 4.90 Å². The molecule has 2 heterocycles. The van der Waals surface area contributed by atoms with Gasteiger partial charge in [-0.25, -0.2) is 0 Å². The smallest absolute Gasteiger partial charge is 0.0594 e. The Labute approximate surface area is 111 Å². The van der Waals surface area contributed by atoms with Crippen molar-refractivity contribution >= 4 is 0 Å². The quantitative estimate of drug-likeness (QED) is 0.799. The first-order chi connectivity index (χ1) is 8.70. The molecule has 0 radical (unpaired) electrons. The molecule has 2 aliphatic rings. The van der Waals surface area contributed by atoms with Crippen molar-refractivity contribution in [1.82, 2.24) is 10.2 Å². The number of rotatable bonds is 5. The summed E-state index contributed by atoms with van der Waals surface area (Å²) < 4.78 is 11.2. The number of ether oxygens (including phenoxy) is 2. The largest absolute Gasteiger partial charge is 0.381 e. The predicted octanol–water partition coefficient (Wildman–Crippen LogP) is 1.11. The molecule has 106 valence electrons. The molecule has 0 aromatic carbocycles. The Balaban J connectivity index is 1.90. The predicted molar refractivity (Wildman–Crippen MR) is 72.9 cm³/mol. The van der Waals surface area contributed by atoms with Gasteiger partial charge in [0.2, 0.25) is 0 Å². The van der Waals surface area contributed by atoms with Gasteiger partial charge in [-0.1, -0.05) is 13.8 Å². The summed E-state index contributed by atoms with van der Waals surface area (Å²) in [6, 6.07) is 0.550. The molecule has 0 bridgehead atoms. The Hall–Kier alpha value is -0.160. The lowest BCUT2D eigenvalue weighted by Crippen LogP contribution is -2.52. The number of morpholine rings is 1. The molecule has 0 aromatic heterocycles. The third kappa shape index (κ3) is 4.19. The molecule has 0 aromatic rings. The molecule has 2 rings (SSSR count). The summed E-state index contributed by atoms with van der Waals surface area (Å²) in [7, 11) is 0. The summed E-state index contributed by atoms with van der Waals surface area (Å²) in [6.07, 6.45) is 2.48. The van der Waals surface area contributed by atoms with E-state index in [4.69, 9.17) is 9.47 Å². The Morgan fingerprint density at radius 3 is 2.56 bits per heavy atom. The Morgan fingerprint density at radius 1 is 1.17 bits per heavy atom. The average Bonchev–Trinajstić information content (AvgIpc) is 2.39.